The number of hydrogen-bond acceptors (Lipinski definition) is 3. The number of amides is 1. The van der Waals surface area contributed by atoms with E-state index < -0.39 is 0 Å². The normalized spacial score (nSPS) is 10.5. The van der Waals surface area contributed by atoms with Crippen molar-refractivity contribution in [2.24, 2.45) is 7.05 Å². The summed E-state index contributed by atoms with van der Waals surface area (Å²) in [5.74, 6) is -0.343. The van der Waals surface area contributed by atoms with Gasteiger partial charge in [-0.05, 0) is 25.1 Å². The third-order valence-electron chi connectivity index (χ3n) is 2.66. The molecule has 0 saturated heterocycles. The number of nitrogen functional groups attached to an aromatic ring is 1. The number of aryl methyl sites for hydroxylation is 2. The van der Waals surface area contributed by atoms with Gasteiger partial charge in [-0.2, -0.15) is 5.10 Å². The zero-order valence-corrected chi connectivity index (χ0v) is 12.7. The molecule has 0 bridgehead atoms. The second-order valence-electron chi connectivity index (χ2n) is 4.05. The lowest BCUT2D eigenvalue weighted by Crippen LogP contribution is -2.17. The summed E-state index contributed by atoms with van der Waals surface area (Å²) in [6.07, 6.45) is 0. The Labute approximate surface area is 123 Å². The van der Waals surface area contributed by atoms with Crippen molar-refractivity contribution in [3.8, 4) is 0 Å². The highest BCUT2D eigenvalue weighted by Gasteiger charge is 2.18. The molecule has 2 rings (SSSR count). The highest BCUT2D eigenvalue weighted by atomic mass is 79.9. The molecule has 0 aliphatic heterocycles. The third kappa shape index (κ3) is 2.74. The summed E-state index contributed by atoms with van der Waals surface area (Å²) < 4.78 is 2.29. The van der Waals surface area contributed by atoms with E-state index in [1.54, 1.807) is 32.2 Å². The summed E-state index contributed by atoms with van der Waals surface area (Å²) in [5.41, 5.74) is 7.66. The average Bonchev–Trinajstić information content (AvgIpc) is 2.57. The maximum Gasteiger partial charge on any atom is 0.276 e. The fourth-order valence-corrected chi connectivity index (χ4v) is 2.44. The molecule has 1 amide bonds. The molecular weight excluding hydrogens is 332 g/mol. The van der Waals surface area contributed by atoms with Gasteiger partial charge in [0.05, 0.1) is 22.1 Å². The van der Waals surface area contributed by atoms with Gasteiger partial charge in [0.25, 0.3) is 5.91 Å². The Morgan fingerprint density at radius 2 is 2.21 bits per heavy atom. The van der Waals surface area contributed by atoms with E-state index in [0.29, 0.717) is 27.8 Å². The molecule has 0 atom stereocenters. The van der Waals surface area contributed by atoms with Crippen molar-refractivity contribution >= 4 is 44.8 Å². The second kappa shape index (κ2) is 5.22. The monoisotopic (exact) mass is 342 g/mol. The first-order chi connectivity index (χ1) is 8.90. The minimum atomic E-state index is -0.343. The Bertz CT molecular complexity index is 653. The fraction of sp³-hybridized carbons (Fsp3) is 0.167. The fourth-order valence-electron chi connectivity index (χ4n) is 1.72. The standard InChI is InChI=1S/C12H12BrClN4O/c1-6-10(15)11(18(2)17-6)12(19)16-9-4-3-7(13)5-8(9)14/h3-5H,15H2,1-2H3,(H,16,19). The number of benzene rings is 1. The predicted octanol–water partition coefficient (Wildman–Crippen LogP) is 2.98. The van der Waals surface area contributed by atoms with Crippen molar-refractivity contribution in [3.05, 3.63) is 39.1 Å². The van der Waals surface area contributed by atoms with E-state index in [1.807, 2.05) is 0 Å². The highest BCUT2D eigenvalue weighted by Crippen LogP contribution is 2.26. The summed E-state index contributed by atoms with van der Waals surface area (Å²) in [6.45, 7) is 1.75. The van der Waals surface area contributed by atoms with E-state index in [2.05, 4.69) is 26.3 Å². The van der Waals surface area contributed by atoms with Crippen LogP contribution in [0.5, 0.6) is 0 Å². The van der Waals surface area contributed by atoms with Gasteiger partial charge in [-0.1, -0.05) is 27.5 Å². The van der Waals surface area contributed by atoms with Crippen molar-refractivity contribution < 1.29 is 4.79 Å². The average molecular weight is 344 g/mol. The van der Waals surface area contributed by atoms with Crippen LogP contribution in [0.4, 0.5) is 11.4 Å². The lowest BCUT2D eigenvalue weighted by molar-refractivity contribution is 0.101. The van der Waals surface area contributed by atoms with Crippen molar-refractivity contribution in [1.29, 1.82) is 0 Å². The van der Waals surface area contributed by atoms with Crippen LogP contribution in [0.25, 0.3) is 0 Å². The maximum absolute atomic E-state index is 12.2. The summed E-state index contributed by atoms with van der Waals surface area (Å²) in [7, 11) is 1.67. The summed E-state index contributed by atoms with van der Waals surface area (Å²) >= 11 is 9.35. The zero-order chi connectivity index (χ0) is 14.2. The molecule has 0 unspecified atom stereocenters. The lowest BCUT2D eigenvalue weighted by atomic mass is 10.2. The molecule has 1 aromatic carbocycles. The van der Waals surface area contributed by atoms with Crippen LogP contribution in [0.2, 0.25) is 5.02 Å². The Morgan fingerprint density at radius 3 is 2.74 bits per heavy atom. The number of nitrogens with two attached hydrogens (primary N) is 1. The number of halogens is 2. The number of anilines is 2. The highest BCUT2D eigenvalue weighted by molar-refractivity contribution is 9.10. The van der Waals surface area contributed by atoms with E-state index in [9.17, 15) is 4.79 Å². The Hall–Kier alpha value is -1.53. The quantitative estimate of drug-likeness (QED) is 0.880. The van der Waals surface area contributed by atoms with Crippen LogP contribution in [0.15, 0.2) is 22.7 Å². The maximum atomic E-state index is 12.2. The van der Waals surface area contributed by atoms with Gasteiger partial charge in [0.1, 0.15) is 5.69 Å². The van der Waals surface area contributed by atoms with Gasteiger partial charge in [0, 0.05) is 11.5 Å². The molecule has 19 heavy (non-hydrogen) atoms. The van der Waals surface area contributed by atoms with Crippen molar-refractivity contribution in [2.45, 2.75) is 6.92 Å². The van der Waals surface area contributed by atoms with Crippen LogP contribution in [-0.4, -0.2) is 15.7 Å². The number of aromatic nitrogens is 2. The molecule has 100 valence electrons. The van der Waals surface area contributed by atoms with Gasteiger partial charge < -0.3 is 11.1 Å². The summed E-state index contributed by atoms with van der Waals surface area (Å²) in [6, 6.07) is 5.21. The molecule has 0 fully saturated rings. The van der Waals surface area contributed by atoms with E-state index in [4.69, 9.17) is 17.3 Å². The van der Waals surface area contributed by atoms with E-state index in [1.165, 1.54) is 4.68 Å². The number of carbonyl (C=O) groups excluding carboxylic acids is 1. The topological polar surface area (TPSA) is 72.9 Å². The van der Waals surface area contributed by atoms with Gasteiger partial charge in [0.2, 0.25) is 0 Å². The van der Waals surface area contributed by atoms with Gasteiger partial charge in [-0.15, -0.1) is 0 Å². The number of carbonyl (C=O) groups is 1. The minimum absolute atomic E-state index is 0.316. The zero-order valence-electron chi connectivity index (χ0n) is 10.4. The Balaban J connectivity index is 2.31. The molecule has 0 radical (unpaired) electrons. The number of nitrogens with zero attached hydrogens (tertiary/aromatic N) is 2. The van der Waals surface area contributed by atoms with Gasteiger partial charge in [-0.25, -0.2) is 0 Å². The van der Waals surface area contributed by atoms with Crippen LogP contribution in [0, 0.1) is 6.92 Å². The summed E-state index contributed by atoms with van der Waals surface area (Å²) in [4.78, 5) is 12.2. The van der Waals surface area contributed by atoms with E-state index in [0.717, 1.165) is 4.47 Å². The molecular formula is C12H12BrClN4O. The summed E-state index contributed by atoms with van der Waals surface area (Å²) in [5, 5.41) is 7.26. The Kier molecular flexibility index (Phi) is 3.82. The largest absolute Gasteiger partial charge is 0.395 e. The molecule has 5 nitrogen and oxygen atoms in total. The molecule has 2 aromatic rings. The van der Waals surface area contributed by atoms with Gasteiger partial charge in [-0.3, -0.25) is 9.48 Å². The first-order valence-corrected chi connectivity index (χ1v) is 6.62. The van der Waals surface area contributed by atoms with E-state index >= 15 is 0 Å². The SMILES string of the molecule is Cc1nn(C)c(C(=O)Nc2ccc(Br)cc2Cl)c1N. The van der Waals surface area contributed by atoms with Gasteiger partial charge in [0.15, 0.2) is 0 Å². The molecule has 1 heterocycles. The molecule has 0 aliphatic carbocycles. The van der Waals surface area contributed by atoms with Crippen LogP contribution >= 0.6 is 27.5 Å². The molecule has 3 N–H and O–H groups in total. The van der Waals surface area contributed by atoms with Crippen molar-refractivity contribution in [3.63, 3.8) is 0 Å². The number of rotatable bonds is 2. The number of hydrogen-bond donors (Lipinski definition) is 2. The van der Waals surface area contributed by atoms with Crippen LogP contribution in [0.1, 0.15) is 16.2 Å². The molecule has 0 aliphatic rings. The molecule has 7 heteroatoms. The van der Waals surface area contributed by atoms with Crippen molar-refractivity contribution in [1.82, 2.24) is 9.78 Å². The predicted molar refractivity (Wildman–Crippen MR) is 79.5 cm³/mol. The first-order valence-electron chi connectivity index (χ1n) is 5.45. The van der Waals surface area contributed by atoms with E-state index in [-0.39, 0.29) is 5.91 Å². The minimum Gasteiger partial charge on any atom is -0.395 e. The lowest BCUT2D eigenvalue weighted by Gasteiger charge is -2.08. The van der Waals surface area contributed by atoms with Crippen LogP contribution in [-0.2, 0) is 7.05 Å². The van der Waals surface area contributed by atoms with Crippen molar-refractivity contribution in [2.75, 3.05) is 11.1 Å². The third-order valence-corrected chi connectivity index (χ3v) is 3.47. The molecule has 0 saturated carbocycles. The van der Waals surface area contributed by atoms with Crippen LogP contribution < -0.4 is 11.1 Å². The molecule has 1 aromatic heterocycles. The van der Waals surface area contributed by atoms with Gasteiger partial charge >= 0.3 is 0 Å². The number of nitrogens with one attached hydrogen (secondary N) is 1. The first kappa shape index (κ1) is 13.9. The molecule has 0 spiro atoms. The second-order valence-corrected chi connectivity index (χ2v) is 5.37. The smallest absolute Gasteiger partial charge is 0.276 e. The van der Waals surface area contributed by atoms with Crippen LogP contribution in [0.3, 0.4) is 0 Å². The Morgan fingerprint density at radius 1 is 1.53 bits per heavy atom.